The molecule has 1 heterocycles. The molecular formula is C15H14Cl2F4N2O5. The van der Waals surface area contributed by atoms with Gasteiger partial charge in [0, 0.05) is 6.07 Å². The highest BCUT2D eigenvalue weighted by atomic mass is 35.5. The van der Waals surface area contributed by atoms with Crippen LogP contribution in [0.25, 0.3) is 0 Å². The van der Waals surface area contributed by atoms with Crippen LogP contribution in [0, 0.1) is 0 Å². The van der Waals surface area contributed by atoms with Crippen LogP contribution in [0.5, 0.6) is 5.75 Å². The van der Waals surface area contributed by atoms with E-state index in [4.69, 9.17) is 27.9 Å². The van der Waals surface area contributed by atoms with Crippen molar-refractivity contribution >= 4 is 40.9 Å². The molecule has 0 spiro atoms. The molecule has 7 nitrogen and oxygen atoms in total. The third-order valence-corrected chi connectivity index (χ3v) is 4.33. The Morgan fingerprint density at radius 2 is 1.89 bits per heavy atom. The molecule has 1 aliphatic heterocycles. The molecule has 1 saturated heterocycles. The van der Waals surface area contributed by atoms with E-state index in [9.17, 15) is 27.2 Å². The average molecular weight is 449 g/mol. The van der Waals surface area contributed by atoms with E-state index in [2.05, 4.69) is 9.47 Å². The maximum absolute atomic E-state index is 13.2. The van der Waals surface area contributed by atoms with Crippen molar-refractivity contribution in [2.75, 3.05) is 25.5 Å². The molecule has 2 amide bonds. The second-order valence-electron chi connectivity index (χ2n) is 5.54. The number of anilines is 1. The minimum absolute atomic E-state index is 0.165. The zero-order valence-electron chi connectivity index (χ0n) is 14.4. The molecule has 1 atom stereocenters. The fraction of sp³-hybridized carbons (Fsp3) is 0.467. The minimum atomic E-state index is -4.82. The predicted molar refractivity (Wildman–Crippen MR) is 90.1 cm³/mol. The van der Waals surface area contributed by atoms with Gasteiger partial charge in [-0.1, -0.05) is 23.2 Å². The van der Waals surface area contributed by atoms with E-state index in [1.165, 1.54) is 6.92 Å². The normalized spacial score (nSPS) is 16.4. The molecule has 1 aromatic carbocycles. The topological polar surface area (TPSA) is 68.3 Å². The number of hydrogen-bond acceptors (Lipinski definition) is 5. The van der Waals surface area contributed by atoms with Crippen LogP contribution in [0.1, 0.15) is 6.92 Å². The lowest BCUT2D eigenvalue weighted by atomic mass is 10.2. The van der Waals surface area contributed by atoms with Gasteiger partial charge in [-0.2, -0.15) is 17.6 Å². The van der Waals surface area contributed by atoms with E-state index in [1.54, 1.807) is 0 Å². The number of amides is 2. The number of carbonyl (C=O) groups excluding carboxylic acids is 2. The largest absolute Gasteiger partial charge is 0.467 e. The summed E-state index contributed by atoms with van der Waals surface area (Å²) in [7, 11) is 1.13. The molecule has 0 aromatic heterocycles. The van der Waals surface area contributed by atoms with Gasteiger partial charge < -0.3 is 14.2 Å². The van der Waals surface area contributed by atoms with Crippen LogP contribution in [0.4, 0.5) is 28.0 Å². The number of methoxy groups -OCH3 is 1. The maximum atomic E-state index is 13.2. The Balaban J connectivity index is 2.37. The predicted octanol–water partition coefficient (Wildman–Crippen LogP) is 3.97. The van der Waals surface area contributed by atoms with Gasteiger partial charge in [0.1, 0.15) is 25.3 Å². The van der Waals surface area contributed by atoms with Crippen molar-refractivity contribution in [2.45, 2.75) is 25.5 Å². The molecule has 0 radical (unpaired) electrons. The van der Waals surface area contributed by atoms with Gasteiger partial charge in [0.05, 0.1) is 22.8 Å². The van der Waals surface area contributed by atoms with Crippen LogP contribution >= 0.6 is 23.2 Å². The molecule has 0 unspecified atom stereocenters. The summed E-state index contributed by atoms with van der Waals surface area (Å²) in [6.07, 6.45) is -8.93. The molecular weight excluding hydrogens is 435 g/mol. The number of nitrogens with zero attached hydrogens (tertiary/aromatic N) is 2. The zero-order valence-corrected chi connectivity index (χ0v) is 15.9. The highest BCUT2D eigenvalue weighted by Crippen LogP contribution is 2.40. The van der Waals surface area contributed by atoms with Crippen molar-refractivity contribution in [2.24, 2.45) is 0 Å². The molecule has 1 aromatic rings. The molecule has 28 heavy (non-hydrogen) atoms. The number of urea groups is 1. The van der Waals surface area contributed by atoms with Crippen LogP contribution in [0.15, 0.2) is 12.1 Å². The van der Waals surface area contributed by atoms with E-state index in [1.807, 2.05) is 0 Å². The van der Waals surface area contributed by atoms with Crippen LogP contribution in [0.2, 0.25) is 10.0 Å². The number of benzene rings is 1. The molecule has 0 saturated carbocycles. The lowest BCUT2D eigenvalue weighted by molar-refractivity contribution is -0.253. The van der Waals surface area contributed by atoms with Crippen LogP contribution in [0.3, 0.4) is 0 Å². The average Bonchev–Trinajstić information content (AvgIpc) is 2.63. The van der Waals surface area contributed by atoms with Gasteiger partial charge in [0.25, 0.3) is 0 Å². The summed E-state index contributed by atoms with van der Waals surface area (Å²) in [5, 5.41) is -0.638. The number of ether oxygens (including phenoxy) is 3. The molecule has 0 N–H and O–H groups in total. The zero-order chi connectivity index (χ0) is 21.2. The van der Waals surface area contributed by atoms with Gasteiger partial charge in [-0.3, -0.25) is 9.80 Å². The van der Waals surface area contributed by atoms with Gasteiger partial charge in [-0.05, 0) is 13.0 Å². The van der Waals surface area contributed by atoms with Gasteiger partial charge in [-0.15, -0.1) is 0 Å². The lowest BCUT2D eigenvalue weighted by Crippen LogP contribution is -2.56. The van der Waals surface area contributed by atoms with Gasteiger partial charge in [-0.25, -0.2) is 9.59 Å². The number of hydrogen-bond donors (Lipinski definition) is 0. The summed E-state index contributed by atoms with van der Waals surface area (Å²) in [5.74, 6) is -1.54. The third kappa shape index (κ3) is 4.53. The van der Waals surface area contributed by atoms with Gasteiger partial charge in [0.15, 0.2) is 0 Å². The molecule has 1 aliphatic rings. The number of rotatable bonds is 6. The van der Waals surface area contributed by atoms with Crippen molar-refractivity contribution < 1.29 is 41.4 Å². The molecule has 156 valence electrons. The van der Waals surface area contributed by atoms with E-state index in [0.717, 1.165) is 29.0 Å². The molecule has 1 fully saturated rings. The monoisotopic (exact) mass is 448 g/mol. The summed E-state index contributed by atoms with van der Waals surface area (Å²) >= 11 is 11.7. The highest BCUT2D eigenvalue weighted by Gasteiger charge is 2.45. The number of esters is 1. The van der Waals surface area contributed by atoms with Crippen molar-refractivity contribution in [3.05, 3.63) is 22.2 Å². The van der Waals surface area contributed by atoms with E-state index in [0.29, 0.717) is 0 Å². The van der Waals surface area contributed by atoms with Crippen molar-refractivity contribution in [1.29, 1.82) is 0 Å². The maximum Gasteiger partial charge on any atom is 0.461 e. The Bertz CT molecular complexity index is 768. The minimum Gasteiger partial charge on any atom is -0.467 e. The van der Waals surface area contributed by atoms with Crippen LogP contribution in [-0.2, 0) is 14.3 Å². The van der Waals surface area contributed by atoms with Gasteiger partial charge >= 0.3 is 24.5 Å². The Labute approximate surface area is 166 Å². The fourth-order valence-electron chi connectivity index (χ4n) is 2.24. The Morgan fingerprint density at radius 1 is 1.25 bits per heavy atom. The smallest absolute Gasteiger partial charge is 0.461 e. The number of halogens is 6. The van der Waals surface area contributed by atoms with Gasteiger partial charge in [0.2, 0.25) is 0 Å². The summed E-state index contributed by atoms with van der Waals surface area (Å²) in [5.41, 5.74) is -0.196. The van der Waals surface area contributed by atoms with Crippen LogP contribution < -0.4 is 9.64 Å². The van der Waals surface area contributed by atoms with Crippen LogP contribution in [-0.4, -0.2) is 56.0 Å². The van der Waals surface area contributed by atoms with E-state index >= 15 is 0 Å². The lowest BCUT2D eigenvalue weighted by Gasteiger charge is -2.37. The second-order valence-corrected chi connectivity index (χ2v) is 6.35. The van der Waals surface area contributed by atoms with Crippen molar-refractivity contribution in [1.82, 2.24) is 4.90 Å². The highest BCUT2D eigenvalue weighted by molar-refractivity contribution is 6.37. The Morgan fingerprint density at radius 3 is 2.46 bits per heavy atom. The molecule has 0 bridgehead atoms. The number of carbonyl (C=O) groups is 2. The van der Waals surface area contributed by atoms with Crippen molar-refractivity contribution in [3.8, 4) is 5.75 Å². The second kappa shape index (κ2) is 8.58. The quantitative estimate of drug-likeness (QED) is 0.486. The van der Waals surface area contributed by atoms with Crippen molar-refractivity contribution in [3.63, 3.8) is 0 Å². The molecule has 0 aliphatic carbocycles. The summed E-state index contributed by atoms with van der Waals surface area (Å²) in [4.78, 5) is 26.3. The first-order valence-electron chi connectivity index (χ1n) is 7.57. The first kappa shape index (κ1) is 22.3. The standard InChI is InChI=1S/C15H14Cl2F4N2O5/c1-7(12(24)26-2)22-5-27-6-23(14(22)25)10-4-11(9(17)3-8(10)16)28-15(20,21)13(18)19/h3-4,7,13H,5-6H2,1-2H3/t7-/m0/s1. The number of alkyl halides is 4. The summed E-state index contributed by atoms with van der Waals surface area (Å²) in [6.45, 7) is 0.788. The molecule has 2 rings (SSSR count). The first-order chi connectivity index (χ1) is 13.0. The Hall–Kier alpha value is -1.98. The van der Waals surface area contributed by atoms with E-state index < -0.39 is 41.3 Å². The third-order valence-electron chi connectivity index (χ3n) is 3.73. The SMILES string of the molecule is COC(=O)[C@H](C)N1COCN(c2cc(OC(F)(F)C(F)F)c(Cl)cc2Cl)C1=O. The summed E-state index contributed by atoms with van der Waals surface area (Å²) < 4.78 is 65.0. The summed E-state index contributed by atoms with van der Waals surface area (Å²) in [6, 6.07) is -0.0370. The Kier molecular flexibility index (Phi) is 6.84. The first-order valence-corrected chi connectivity index (χ1v) is 8.33. The van der Waals surface area contributed by atoms with E-state index in [-0.39, 0.29) is 24.2 Å². The fourth-order valence-corrected chi connectivity index (χ4v) is 2.76. The molecule has 13 heteroatoms.